The SMILES string of the molecule is COc1cc(NCC2CCC(=O)N2)c(Br)cc1Br. The number of rotatable bonds is 4. The molecule has 0 aliphatic carbocycles. The van der Waals surface area contributed by atoms with E-state index in [2.05, 4.69) is 42.5 Å². The molecule has 4 nitrogen and oxygen atoms in total. The lowest BCUT2D eigenvalue weighted by molar-refractivity contribution is -0.119. The monoisotopic (exact) mass is 376 g/mol. The first kappa shape index (κ1) is 13.7. The minimum Gasteiger partial charge on any atom is -0.495 e. The second-order valence-electron chi connectivity index (χ2n) is 4.15. The summed E-state index contributed by atoms with van der Waals surface area (Å²) >= 11 is 6.92. The summed E-state index contributed by atoms with van der Waals surface area (Å²) in [5, 5.41) is 6.24. The molecule has 1 heterocycles. The lowest BCUT2D eigenvalue weighted by Gasteiger charge is -2.15. The van der Waals surface area contributed by atoms with Crippen LogP contribution in [0.3, 0.4) is 0 Å². The molecule has 0 saturated carbocycles. The number of hydrogen-bond donors (Lipinski definition) is 2. The summed E-state index contributed by atoms with van der Waals surface area (Å²) in [5.74, 6) is 0.908. The molecule has 1 aliphatic heterocycles. The third-order valence-corrected chi connectivity index (χ3v) is 4.14. The highest BCUT2D eigenvalue weighted by atomic mass is 79.9. The van der Waals surface area contributed by atoms with Crippen LogP contribution in [0.4, 0.5) is 5.69 Å². The molecule has 1 unspecified atom stereocenters. The van der Waals surface area contributed by atoms with Crippen LogP contribution in [0.15, 0.2) is 21.1 Å². The standard InChI is InChI=1S/C12H14Br2N2O2/c1-18-11-5-10(8(13)4-9(11)14)15-6-7-2-3-12(17)16-7/h4-5,7,15H,2-3,6H2,1H3,(H,16,17). The van der Waals surface area contributed by atoms with Crippen molar-refractivity contribution in [2.75, 3.05) is 19.0 Å². The molecular formula is C12H14Br2N2O2. The maximum atomic E-state index is 11.1. The van der Waals surface area contributed by atoms with Crippen molar-refractivity contribution in [1.82, 2.24) is 5.32 Å². The van der Waals surface area contributed by atoms with Crippen molar-refractivity contribution in [2.24, 2.45) is 0 Å². The van der Waals surface area contributed by atoms with Crippen molar-refractivity contribution in [3.63, 3.8) is 0 Å². The van der Waals surface area contributed by atoms with Crippen LogP contribution < -0.4 is 15.4 Å². The normalized spacial score (nSPS) is 18.6. The highest BCUT2D eigenvalue weighted by Crippen LogP contribution is 2.34. The first-order valence-corrected chi connectivity index (χ1v) is 7.25. The summed E-state index contributed by atoms with van der Waals surface area (Å²) in [4.78, 5) is 11.1. The first-order valence-electron chi connectivity index (χ1n) is 5.66. The highest BCUT2D eigenvalue weighted by Gasteiger charge is 2.20. The van der Waals surface area contributed by atoms with Crippen molar-refractivity contribution >= 4 is 43.5 Å². The Labute approximate surface area is 123 Å². The van der Waals surface area contributed by atoms with Crippen LogP contribution >= 0.6 is 31.9 Å². The fourth-order valence-electron chi connectivity index (χ4n) is 1.88. The van der Waals surface area contributed by atoms with E-state index in [0.29, 0.717) is 6.42 Å². The lowest BCUT2D eigenvalue weighted by Crippen LogP contribution is -2.31. The summed E-state index contributed by atoms with van der Waals surface area (Å²) in [5.41, 5.74) is 0.955. The zero-order valence-electron chi connectivity index (χ0n) is 9.93. The predicted octanol–water partition coefficient (Wildman–Crippen LogP) is 2.91. The fraction of sp³-hybridized carbons (Fsp3) is 0.417. The molecule has 1 aromatic carbocycles. The van der Waals surface area contributed by atoms with Crippen molar-refractivity contribution < 1.29 is 9.53 Å². The predicted molar refractivity (Wildman–Crippen MR) is 78.0 cm³/mol. The maximum Gasteiger partial charge on any atom is 0.220 e. The quantitative estimate of drug-likeness (QED) is 0.848. The van der Waals surface area contributed by atoms with E-state index >= 15 is 0 Å². The average molecular weight is 378 g/mol. The molecule has 2 N–H and O–H groups in total. The van der Waals surface area contributed by atoms with Crippen molar-refractivity contribution in [2.45, 2.75) is 18.9 Å². The van der Waals surface area contributed by atoms with E-state index in [1.807, 2.05) is 12.1 Å². The van der Waals surface area contributed by atoms with Gasteiger partial charge in [0.15, 0.2) is 0 Å². The zero-order chi connectivity index (χ0) is 13.1. The van der Waals surface area contributed by atoms with E-state index in [0.717, 1.165) is 33.3 Å². The van der Waals surface area contributed by atoms with E-state index in [9.17, 15) is 4.79 Å². The van der Waals surface area contributed by atoms with Crippen molar-refractivity contribution in [1.29, 1.82) is 0 Å². The smallest absolute Gasteiger partial charge is 0.220 e. The summed E-state index contributed by atoms with van der Waals surface area (Å²) in [6.45, 7) is 0.717. The van der Waals surface area contributed by atoms with Crippen LogP contribution in [0.1, 0.15) is 12.8 Å². The number of methoxy groups -OCH3 is 1. The van der Waals surface area contributed by atoms with Gasteiger partial charge in [0, 0.05) is 29.5 Å². The number of hydrogen-bond acceptors (Lipinski definition) is 3. The molecule has 18 heavy (non-hydrogen) atoms. The van der Waals surface area contributed by atoms with Crippen LogP contribution in [0, 0.1) is 0 Å². The largest absolute Gasteiger partial charge is 0.495 e. The number of benzene rings is 1. The molecule has 1 aliphatic rings. The summed E-state index contributed by atoms with van der Waals surface area (Å²) < 4.78 is 7.11. The molecule has 1 atom stereocenters. The fourth-order valence-corrected chi connectivity index (χ4v) is 3.18. The Balaban J connectivity index is 2.02. The molecule has 2 rings (SSSR count). The first-order chi connectivity index (χ1) is 8.60. The molecule has 0 aromatic heterocycles. The Bertz CT molecular complexity index is 466. The summed E-state index contributed by atoms with van der Waals surface area (Å²) in [6, 6.07) is 4.07. The zero-order valence-corrected chi connectivity index (χ0v) is 13.1. The van der Waals surface area contributed by atoms with Gasteiger partial charge >= 0.3 is 0 Å². The number of ether oxygens (including phenoxy) is 1. The van der Waals surface area contributed by atoms with Gasteiger partial charge in [-0.3, -0.25) is 4.79 Å². The molecule has 6 heteroatoms. The second kappa shape index (κ2) is 5.93. The van der Waals surface area contributed by atoms with Gasteiger partial charge in [-0.25, -0.2) is 0 Å². The average Bonchev–Trinajstić information content (AvgIpc) is 2.74. The molecule has 0 bridgehead atoms. The highest BCUT2D eigenvalue weighted by molar-refractivity contribution is 9.11. The number of carbonyl (C=O) groups is 1. The molecule has 1 fully saturated rings. The lowest BCUT2D eigenvalue weighted by atomic mass is 10.2. The number of nitrogens with one attached hydrogen (secondary N) is 2. The van der Waals surface area contributed by atoms with Crippen LogP contribution in [-0.4, -0.2) is 25.6 Å². The van der Waals surface area contributed by atoms with E-state index in [-0.39, 0.29) is 11.9 Å². The number of carbonyl (C=O) groups excluding carboxylic acids is 1. The Kier molecular flexibility index (Phi) is 4.50. The van der Waals surface area contributed by atoms with Gasteiger partial charge < -0.3 is 15.4 Å². The number of halogens is 2. The van der Waals surface area contributed by atoms with Crippen LogP contribution in [-0.2, 0) is 4.79 Å². The molecular weight excluding hydrogens is 364 g/mol. The van der Waals surface area contributed by atoms with E-state index in [4.69, 9.17) is 4.74 Å². The van der Waals surface area contributed by atoms with Gasteiger partial charge in [0.1, 0.15) is 5.75 Å². The summed E-state index contributed by atoms with van der Waals surface area (Å²) in [6.07, 6.45) is 1.51. The minimum absolute atomic E-state index is 0.134. The van der Waals surface area contributed by atoms with E-state index in [1.54, 1.807) is 7.11 Å². The van der Waals surface area contributed by atoms with Crippen molar-refractivity contribution in [3.8, 4) is 5.75 Å². The molecule has 0 spiro atoms. The van der Waals surface area contributed by atoms with Crippen LogP contribution in [0.2, 0.25) is 0 Å². The van der Waals surface area contributed by atoms with Crippen molar-refractivity contribution in [3.05, 3.63) is 21.1 Å². The molecule has 98 valence electrons. The molecule has 1 saturated heterocycles. The van der Waals surface area contributed by atoms with Gasteiger partial charge in [-0.2, -0.15) is 0 Å². The summed E-state index contributed by atoms with van der Waals surface area (Å²) in [7, 11) is 1.63. The van der Waals surface area contributed by atoms with Crippen LogP contribution in [0.25, 0.3) is 0 Å². The Hall–Kier alpha value is -0.750. The minimum atomic E-state index is 0.134. The molecule has 1 amide bonds. The third-order valence-electron chi connectivity index (χ3n) is 2.87. The van der Waals surface area contributed by atoms with Gasteiger partial charge in [0.05, 0.1) is 17.3 Å². The molecule has 1 aromatic rings. The van der Waals surface area contributed by atoms with E-state index in [1.165, 1.54) is 0 Å². The van der Waals surface area contributed by atoms with Gasteiger partial charge in [0.2, 0.25) is 5.91 Å². The third kappa shape index (κ3) is 3.17. The number of anilines is 1. The van der Waals surface area contributed by atoms with Gasteiger partial charge in [-0.1, -0.05) is 0 Å². The van der Waals surface area contributed by atoms with Crippen LogP contribution in [0.5, 0.6) is 5.75 Å². The Morgan fingerprint density at radius 3 is 2.83 bits per heavy atom. The van der Waals surface area contributed by atoms with E-state index < -0.39 is 0 Å². The topological polar surface area (TPSA) is 50.4 Å². The Morgan fingerprint density at radius 2 is 2.22 bits per heavy atom. The Morgan fingerprint density at radius 1 is 1.44 bits per heavy atom. The van der Waals surface area contributed by atoms with Gasteiger partial charge in [0.25, 0.3) is 0 Å². The number of amides is 1. The van der Waals surface area contributed by atoms with Gasteiger partial charge in [-0.05, 0) is 44.3 Å². The maximum absolute atomic E-state index is 11.1. The van der Waals surface area contributed by atoms with Gasteiger partial charge in [-0.15, -0.1) is 0 Å². The second-order valence-corrected chi connectivity index (χ2v) is 5.86. The molecule has 0 radical (unpaired) electrons.